The van der Waals surface area contributed by atoms with E-state index < -0.39 is 36.1 Å². The Morgan fingerprint density at radius 3 is 2.24 bits per heavy atom. The summed E-state index contributed by atoms with van der Waals surface area (Å²) in [5.74, 6) is -3.05. The molecular weight excluding hydrogens is 619 g/mol. The Morgan fingerprint density at radius 1 is 1.06 bits per heavy atom. The molecule has 0 radical (unpaired) electrons. The molecule has 2 heterocycles. The van der Waals surface area contributed by atoms with Gasteiger partial charge in [-0.3, -0.25) is 19.2 Å². The third-order valence-electron chi connectivity index (χ3n) is 6.69. The van der Waals surface area contributed by atoms with Gasteiger partial charge in [-0.25, -0.2) is 5.01 Å². The number of thiophene rings is 1. The molecule has 1 aliphatic heterocycles. The van der Waals surface area contributed by atoms with Gasteiger partial charge in [0.2, 0.25) is 0 Å². The van der Waals surface area contributed by atoms with Crippen LogP contribution in [-0.4, -0.2) is 49.7 Å². The van der Waals surface area contributed by atoms with E-state index in [0.29, 0.717) is 9.90 Å². The Labute approximate surface area is 220 Å². The van der Waals surface area contributed by atoms with Gasteiger partial charge in [-0.15, -0.1) is 11.3 Å². The number of nitrogens with zero attached hydrogens (tertiary/aromatic N) is 2. The normalized spacial score (nSPS) is 30.1. The second-order valence-corrected chi connectivity index (χ2v) is 12.3. The average molecular weight is 635 g/mol. The van der Waals surface area contributed by atoms with Gasteiger partial charge in [0, 0.05) is 14.7 Å². The maximum Gasteiger partial charge on any atom is 0.274 e. The summed E-state index contributed by atoms with van der Waals surface area (Å²) in [4.78, 5) is 54.1. The van der Waals surface area contributed by atoms with Crippen LogP contribution in [0.25, 0.3) is 0 Å². The van der Waals surface area contributed by atoms with E-state index in [-0.39, 0.29) is 37.9 Å². The Balaban J connectivity index is 1.53. The van der Waals surface area contributed by atoms with Gasteiger partial charge in [0.1, 0.15) is 6.54 Å². The van der Waals surface area contributed by atoms with Gasteiger partial charge in [-0.2, -0.15) is 5.01 Å². The summed E-state index contributed by atoms with van der Waals surface area (Å²) in [5.41, 5.74) is 0.0532. The van der Waals surface area contributed by atoms with Gasteiger partial charge >= 0.3 is 0 Å². The molecule has 1 aromatic heterocycles. The predicted molar refractivity (Wildman–Crippen MR) is 132 cm³/mol. The molecule has 0 unspecified atom stereocenters. The molecule has 0 N–H and O–H groups in total. The van der Waals surface area contributed by atoms with E-state index in [1.54, 1.807) is 17.5 Å². The summed E-state index contributed by atoms with van der Waals surface area (Å²) in [6, 6.07) is 7.68. The van der Waals surface area contributed by atoms with E-state index in [0.717, 1.165) is 16.4 Å². The molecule has 3 amide bonds. The van der Waals surface area contributed by atoms with Crippen LogP contribution in [0.15, 0.2) is 35.7 Å². The number of rotatable bonds is 5. The van der Waals surface area contributed by atoms with E-state index >= 15 is 0 Å². The van der Waals surface area contributed by atoms with Crippen molar-refractivity contribution in [2.24, 2.45) is 23.7 Å². The molecule has 1 aromatic carbocycles. The third-order valence-corrected chi connectivity index (χ3v) is 11.4. The average Bonchev–Trinajstić information content (AvgIpc) is 3.53. The van der Waals surface area contributed by atoms with Crippen LogP contribution in [0.5, 0.6) is 0 Å². The van der Waals surface area contributed by atoms with Gasteiger partial charge in [0.15, 0.2) is 5.78 Å². The first-order valence-corrected chi connectivity index (χ1v) is 13.7. The molecule has 2 aliphatic carbocycles. The van der Waals surface area contributed by atoms with Crippen molar-refractivity contribution in [1.82, 2.24) is 10.0 Å². The van der Waals surface area contributed by atoms with Crippen LogP contribution in [0.4, 0.5) is 0 Å². The number of Topliss-reactive ketones (excluding diaryl/α,β-unsaturated/α-hetero) is 1. The SMILES string of the molecule is O=C(CN(C(=O)c1ccc(Cl)cc1Cl)N1C(=O)[C@@H]2[C@H]3C[C@@H]([C@@H](Br)[C@H]3Br)[C@H]2C1=O)c1cccs1. The molecule has 6 nitrogen and oxygen atoms in total. The molecule has 0 spiro atoms. The molecule has 2 bridgehead atoms. The van der Waals surface area contributed by atoms with Crippen molar-refractivity contribution in [3.8, 4) is 0 Å². The summed E-state index contributed by atoms with van der Waals surface area (Å²) < 4.78 is 0. The van der Waals surface area contributed by atoms with Gasteiger partial charge in [0.05, 0.1) is 27.3 Å². The first-order valence-electron chi connectivity index (χ1n) is 10.2. The Morgan fingerprint density at radius 2 is 1.70 bits per heavy atom. The highest BCUT2D eigenvalue weighted by Crippen LogP contribution is 2.60. The molecule has 6 atom stereocenters. The molecule has 11 heteroatoms. The second kappa shape index (κ2) is 8.75. The number of benzene rings is 1. The Hall–Kier alpha value is -1.26. The van der Waals surface area contributed by atoms with Gasteiger partial charge in [-0.05, 0) is 47.9 Å². The third kappa shape index (κ3) is 3.71. The molecule has 3 fully saturated rings. The van der Waals surface area contributed by atoms with Crippen molar-refractivity contribution in [1.29, 1.82) is 0 Å². The number of fused-ring (bicyclic) bond motifs is 5. The summed E-state index contributed by atoms with van der Waals surface area (Å²) in [6.45, 7) is -0.458. The summed E-state index contributed by atoms with van der Waals surface area (Å²) in [7, 11) is 0. The number of halogens is 4. The van der Waals surface area contributed by atoms with Crippen LogP contribution in [-0.2, 0) is 9.59 Å². The van der Waals surface area contributed by atoms with Crippen molar-refractivity contribution < 1.29 is 19.2 Å². The minimum atomic E-state index is -0.707. The summed E-state index contributed by atoms with van der Waals surface area (Å²) >= 11 is 20.8. The minimum absolute atomic E-state index is 0.0186. The maximum absolute atomic E-state index is 13.6. The zero-order valence-electron chi connectivity index (χ0n) is 16.8. The fourth-order valence-electron chi connectivity index (χ4n) is 5.26. The predicted octanol–water partition coefficient (Wildman–Crippen LogP) is 5.07. The molecule has 3 aliphatic rings. The highest BCUT2D eigenvalue weighted by atomic mass is 79.9. The Kier molecular flexibility index (Phi) is 6.23. The number of hydrogen-bond donors (Lipinski definition) is 0. The highest BCUT2D eigenvalue weighted by Gasteiger charge is 2.67. The van der Waals surface area contributed by atoms with Crippen molar-refractivity contribution in [3.05, 3.63) is 56.2 Å². The number of hydrogen-bond acceptors (Lipinski definition) is 5. The fourth-order valence-corrected chi connectivity index (χ4v) is 8.28. The smallest absolute Gasteiger partial charge is 0.274 e. The summed E-state index contributed by atoms with van der Waals surface area (Å²) in [5, 5.41) is 3.99. The number of hydrazine groups is 1. The van der Waals surface area contributed by atoms with Crippen LogP contribution < -0.4 is 0 Å². The quantitative estimate of drug-likeness (QED) is 0.262. The van der Waals surface area contributed by atoms with Crippen molar-refractivity contribution in [2.75, 3.05) is 6.54 Å². The number of carbonyl (C=O) groups is 4. The van der Waals surface area contributed by atoms with Crippen LogP contribution in [0, 0.1) is 23.7 Å². The molecule has 2 saturated carbocycles. The monoisotopic (exact) mass is 632 g/mol. The van der Waals surface area contributed by atoms with Crippen molar-refractivity contribution >= 4 is 89.9 Å². The zero-order chi connectivity index (χ0) is 23.6. The molecule has 1 saturated heterocycles. The van der Waals surface area contributed by atoms with Gasteiger partial charge in [0.25, 0.3) is 17.7 Å². The lowest BCUT2D eigenvalue weighted by molar-refractivity contribution is -0.154. The molecule has 5 rings (SSSR count). The van der Waals surface area contributed by atoms with Crippen LogP contribution in [0.2, 0.25) is 10.0 Å². The number of carbonyl (C=O) groups excluding carboxylic acids is 4. The standard InChI is InChI=1S/C22H16Br2Cl2N2O4S/c23-18-11-7-12(19(18)24)17-16(11)21(31)28(22(17)32)27(8-14(29)15-2-1-5-33-15)20(30)10-4-3-9(25)6-13(10)26/h1-6,11-12,16-19H,7-8H2/t11-,12-,16-,17-,18-,19+/m1/s1. The van der Waals surface area contributed by atoms with Crippen LogP contribution >= 0.6 is 66.4 Å². The number of amides is 3. The lowest BCUT2D eigenvalue weighted by Crippen LogP contribution is -2.52. The van der Waals surface area contributed by atoms with Crippen LogP contribution in [0.1, 0.15) is 26.5 Å². The first kappa shape index (κ1) is 23.5. The van der Waals surface area contributed by atoms with E-state index in [1.165, 1.54) is 29.5 Å². The molecular formula is C22H16Br2Cl2N2O4S. The van der Waals surface area contributed by atoms with E-state index in [2.05, 4.69) is 31.9 Å². The highest BCUT2D eigenvalue weighted by molar-refractivity contribution is 9.12. The summed E-state index contributed by atoms with van der Waals surface area (Å²) in [6.07, 6.45) is 0.761. The van der Waals surface area contributed by atoms with Crippen molar-refractivity contribution in [2.45, 2.75) is 16.1 Å². The zero-order valence-corrected chi connectivity index (χ0v) is 22.3. The van der Waals surface area contributed by atoms with E-state index in [4.69, 9.17) is 23.2 Å². The maximum atomic E-state index is 13.6. The molecule has 33 heavy (non-hydrogen) atoms. The van der Waals surface area contributed by atoms with Gasteiger partial charge in [-0.1, -0.05) is 61.1 Å². The number of alkyl halides is 2. The number of imide groups is 1. The van der Waals surface area contributed by atoms with E-state index in [1.807, 2.05) is 0 Å². The first-order chi connectivity index (χ1) is 15.7. The Bertz CT molecular complexity index is 1150. The number of ketones is 1. The lowest BCUT2D eigenvalue weighted by Gasteiger charge is -2.31. The van der Waals surface area contributed by atoms with Gasteiger partial charge < -0.3 is 0 Å². The van der Waals surface area contributed by atoms with E-state index in [9.17, 15) is 19.2 Å². The lowest BCUT2D eigenvalue weighted by atomic mass is 9.81. The topological polar surface area (TPSA) is 74.8 Å². The fraction of sp³-hybridized carbons (Fsp3) is 0.364. The molecule has 2 aromatic rings. The second-order valence-electron chi connectivity index (χ2n) is 8.38. The minimum Gasteiger partial charge on any atom is -0.291 e. The van der Waals surface area contributed by atoms with Crippen molar-refractivity contribution in [3.63, 3.8) is 0 Å². The molecule has 172 valence electrons. The van der Waals surface area contributed by atoms with Crippen LogP contribution in [0.3, 0.4) is 0 Å². The largest absolute Gasteiger partial charge is 0.291 e.